The van der Waals surface area contributed by atoms with Gasteiger partial charge in [-0.1, -0.05) is 33.6 Å². The lowest BCUT2D eigenvalue weighted by atomic mass is 10.2. The summed E-state index contributed by atoms with van der Waals surface area (Å²) in [7, 11) is 0. The minimum atomic E-state index is -0.548. The number of nitrogens with zero attached hydrogens (tertiary/aromatic N) is 1. The van der Waals surface area contributed by atoms with Gasteiger partial charge in [-0.3, -0.25) is 4.79 Å². The summed E-state index contributed by atoms with van der Waals surface area (Å²) in [6, 6.07) is 8.03. The maximum Gasteiger partial charge on any atom is 0.257 e. The largest absolute Gasteiger partial charge is 0.330 e. The normalized spacial score (nSPS) is 10.4. The van der Waals surface area contributed by atoms with Gasteiger partial charge in [-0.15, -0.1) is 17.9 Å². The molecule has 0 saturated carbocycles. The molecule has 0 radical (unpaired) electrons. The van der Waals surface area contributed by atoms with Crippen molar-refractivity contribution >= 4 is 44.8 Å². The van der Waals surface area contributed by atoms with Gasteiger partial charge in [0.1, 0.15) is 5.82 Å². The maximum absolute atomic E-state index is 13.9. The average Bonchev–Trinajstić information content (AvgIpc) is 2.83. The topological polar surface area (TPSA) is 20.3 Å². The average molecular weight is 389 g/mol. The van der Waals surface area contributed by atoms with Gasteiger partial charge >= 0.3 is 0 Å². The Morgan fingerprint density at radius 1 is 1.43 bits per heavy atom. The first-order chi connectivity index (χ1) is 10.0. The molecule has 2 nitrogen and oxygen atoms in total. The van der Waals surface area contributed by atoms with E-state index < -0.39 is 5.82 Å². The molecule has 110 valence electrons. The summed E-state index contributed by atoms with van der Waals surface area (Å²) < 4.78 is 15.2. The molecule has 0 atom stereocenters. The molecule has 0 fully saturated rings. The summed E-state index contributed by atoms with van der Waals surface area (Å²) in [6.07, 6.45) is 1.61. The van der Waals surface area contributed by atoms with E-state index in [-0.39, 0.29) is 11.5 Å². The molecule has 0 bridgehead atoms. The van der Waals surface area contributed by atoms with Crippen LogP contribution in [-0.4, -0.2) is 17.4 Å². The molecule has 1 heterocycles. The molecule has 1 aromatic carbocycles. The first kappa shape index (κ1) is 16.2. The number of hydrogen-bond acceptors (Lipinski definition) is 2. The standard InChI is InChI=1S/C15H12BrClFNOS/c1-2-7-19(9-11-4-6-14(17)21-11)15(20)12-5-3-10(16)8-13(12)18/h2-6,8H,1,7,9H2. The van der Waals surface area contributed by atoms with Crippen LogP contribution in [0.15, 0.2) is 47.5 Å². The fraction of sp³-hybridized carbons (Fsp3) is 0.133. The molecule has 2 rings (SSSR count). The highest BCUT2D eigenvalue weighted by atomic mass is 79.9. The smallest absolute Gasteiger partial charge is 0.257 e. The number of rotatable bonds is 5. The third-order valence-electron chi connectivity index (χ3n) is 2.77. The van der Waals surface area contributed by atoms with Gasteiger partial charge in [0.15, 0.2) is 0 Å². The predicted octanol–water partition coefficient (Wildman–Crippen LogP) is 5.13. The second-order valence-corrected chi connectivity index (χ2v) is 7.02. The van der Waals surface area contributed by atoms with Crippen molar-refractivity contribution in [3.63, 3.8) is 0 Å². The number of carbonyl (C=O) groups excluding carboxylic acids is 1. The highest BCUT2D eigenvalue weighted by Gasteiger charge is 2.19. The van der Waals surface area contributed by atoms with Gasteiger partial charge in [0, 0.05) is 15.9 Å². The monoisotopic (exact) mass is 387 g/mol. The highest BCUT2D eigenvalue weighted by Crippen LogP contribution is 2.24. The van der Waals surface area contributed by atoms with Crippen LogP contribution in [0.3, 0.4) is 0 Å². The van der Waals surface area contributed by atoms with E-state index in [2.05, 4.69) is 22.5 Å². The summed E-state index contributed by atoms with van der Waals surface area (Å²) in [6.45, 7) is 4.35. The summed E-state index contributed by atoms with van der Waals surface area (Å²) in [4.78, 5) is 14.9. The van der Waals surface area contributed by atoms with E-state index in [1.54, 1.807) is 18.2 Å². The Balaban J connectivity index is 2.24. The van der Waals surface area contributed by atoms with E-state index in [1.165, 1.54) is 28.4 Å². The van der Waals surface area contributed by atoms with Gasteiger partial charge in [-0.05, 0) is 30.3 Å². The number of amides is 1. The zero-order valence-corrected chi connectivity index (χ0v) is 14.1. The van der Waals surface area contributed by atoms with Crippen molar-refractivity contribution in [2.45, 2.75) is 6.54 Å². The first-order valence-corrected chi connectivity index (χ1v) is 8.09. The van der Waals surface area contributed by atoms with Gasteiger partial charge in [-0.2, -0.15) is 0 Å². The van der Waals surface area contributed by atoms with Crippen molar-refractivity contribution in [1.82, 2.24) is 4.90 Å². The lowest BCUT2D eigenvalue weighted by Crippen LogP contribution is -2.31. The number of halogens is 3. The van der Waals surface area contributed by atoms with E-state index >= 15 is 0 Å². The Morgan fingerprint density at radius 3 is 2.76 bits per heavy atom. The molecule has 0 N–H and O–H groups in total. The molecule has 2 aromatic rings. The van der Waals surface area contributed by atoms with Gasteiger partial charge in [0.2, 0.25) is 0 Å². The number of benzene rings is 1. The zero-order chi connectivity index (χ0) is 15.4. The van der Waals surface area contributed by atoms with Crippen molar-refractivity contribution in [1.29, 1.82) is 0 Å². The van der Waals surface area contributed by atoms with Crippen molar-refractivity contribution in [3.8, 4) is 0 Å². The van der Waals surface area contributed by atoms with Crippen LogP contribution < -0.4 is 0 Å². The summed E-state index contributed by atoms with van der Waals surface area (Å²) in [5, 5.41) is 0. The van der Waals surface area contributed by atoms with Crippen LogP contribution >= 0.6 is 38.9 Å². The molecule has 0 aliphatic carbocycles. The van der Waals surface area contributed by atoms with Crippen molar-refractivity contribution < 1.29 is 9.18 Å². The van der Waals surface area contributed by atoms with E-state index in [0.29, 0.717) is 21.9 Å². The maximum atomic E-state index is 13.9. The van der Waals surface area contributed by atoms with Crippen molar-refractivity contribution in [3.05, 3.63) is 68.1 Å². The quantitative estimate of drug-likeness (QED) is 0.650. The molecule has 0 spiro atoms. The third-order valence-corrected chi connectivity index (χ3v) is 4.48. The summed E-state index contributed by atoms with van der Waals surface area (Å²) >= 11 is 10.5. The Hall–Kier alpha value is -1.17. The number of thiophene rings is 1. The van der Waals surface area contributed by atoms with E-state index in [1.807, 2.05) is 6.07 Å². The molecule has 0 unspecified atom stereocenters. The Morgan fingerprint density at radius 2 is 2.19 bits per heavy atom. The van der Waals surface area contributed by atoms with Crippen molar-refractivity contribution in [2.75, 3.05) is 6.54 Å². The molecule has 0 aliphatic heterocycles. The zero-order valence-electron chi connectivity index (χ0n) is 11.0. The van der Waals surface area contributed by atoms with Crippen LogP contribution in [0, 0.1) is 5.82 Å². The fourth-order valence-electron chi connectivity index (χ4n) is 1.83. The first-order valence-electron chi connectivity index (χ1n) is 6.10. The Labute approximate surface area is 140 Å². The number of hydrogen-bond donors (Lipinski definition) is 0. The molecule has 1 amide bonds. The second kappa shape index (κ2) is 7.20. The molecule has 0 aliphatic rings. The minimum Gasteiger partial charge on any atom is -0.330 e. The van der Waals surface area contributed by atoms with Gasteiger partial charge in [-0.25, -0.2) is 4.39 Å². The van der Waals surface area contributed by atoms with Crippen molar-refractivity contribution in [2.24, 2.45) is 0 Å². The molecule has 0 saturated heterocycles. The Kier molecular flexibility index (Phi) is 5.56. The minimum absolute atomic E-state index is 0.0442. The predicted molar refractivity (Wildman–Crippen MR) is 88.4 cm³/mol. The van der Waals surface area contributed by atoms with E-state index in [9.17, 15) is 9.18 Å². The lowest BCUT2D eigenvalue weighted by molar-refractivity contribution is 0.0759. The van der Waals surface area contributed by atoms with Gasteiger partial charge in [0.05, 0.1) is 16.4 Å². The third kappa shape index (κ3) is 4.15. The van der Waals surface area contributed by atoms with Crippen LogP contribution in [0.25, 0.3) is 0 Å². The van der Waals surface area contributed by atoms with Crippen LogP contribution in [-0.2, 0) is 6.54 Å². The lowest BCUT2D eigenvalue weighted by Gasteiger charge is -2.20. The molecule has 21 heavy (non-hydrogen) atoms. The molecule has 6 heteroatoms. The summed E-state index contributed by atoms with van der Waals surface area (Å²) in [5.41, 5.74) is 0.0442. The van der Waals surface area contributed by atoms with Crippen LogP contribution in [0.1, 0.15) is 15.2 Å². The van der Waals surface area contributed by atoms with Gasteiger partial charge in [0.25, 0.3) is 5.91 Å². The molecule has 1 aromatic heterocycles. The fourth-order valence-corrected chi connectivity index (χ4v) is 3.27. The Bertz CT molecular complexity index is 673. The molecular weight excluding hydrogens is 377 g/mol. The number of carbonyl (C=O) groups is 1. The van der Waals surface area contributed by atoms with Crippen LogP contribution in [0.2, 0.25) is 4.34 Å². The van der Waals surface area contributed by atoms with Gasteiger partial charge < -0.3 is 4.90 Å². The molecular formula is C15H12BrClFNOS. The second-order valence-electron chi connectivity index (χ2n) is 4.30. The van der Waals surface area contributed by atoms with E-state index in [4.69, 9.17) is 11.6 Å². The SMILES string of the molecule is C=CCN(Cc1ccc(Cl)s1)C(=O)c1ccc(Br)cc1F. The summed E-state index contributed by atoms with van der Waals surface area (Å²) in [5.74, 6) is -0.919. The van der Waals surface area contributed by atoms with Crippen LogP contribution in [0.5, 0.6) is 0 Å². The van der Waals surface area contributed by atoms with Crippen LogP contribution in [0.4, 0.5) is 4.39 Å². The highest BCUT2D eigenvalue weighted by molar-refractivity contribution is 9.10. The van der Waals surface area contributed by atoms with E-state index in [0.717, 1.165) is 4.88 Å².